The number of hydrogen-bond donors (Lipinski definition) is 0. The van der Waals surface area contributed by atoms with Crippen LogP contribution in [0.2, 0.25) is 0 Å². The van der Waals surface area contributed by atoms with Gasteiger partial charge < -0.3 is 9.80 Å². The number of imide groups is 1. The van der Waals surface area contributed by atoms with Crippen LogP contribution in [0.5, 0.6) is 0 Å². The molecule has 1 aromatic rings. The summed E-state index contributed by atoms with van der Waals surface area (Å²) in [7, 11) is 1.63. The average molecular weight is 385 g/mol. The molecule has 148 valence electrons. The van der Waals surface area contributed by atoms with Gasteiger partial charge in [0, 0.05) is 13.6 Å². The van der Waals surface area contributed by atoms with Crippen LogP contribution in [0, 0.1) is 18.2 Å². The first kappa shape index (κ1) is 19.9. The third-order valence-corrected chi connectivity index (χ3v) is 5.70. The fourth-order valence-electron chi connectivity index (χ4n) is 4.06. The molecule has 0 unspecified atom stereocenters. The number of likely N-dealkylation sites (N-methyl/N-ethyl adjacent to an activating group) is 1. The summed E-state index contributed by atoms with van der Waals surface area (Å²) in [6.45, 7) is -0.124. The van der Waals surface area contributed by atoms with Gasteiger partial charge in [-0.05, 0) is 30.5 Å². The van der Waals surface area contributed by atoms with Crippen LogP contribution in [-0.4, -0.2) is 58.2 Å². The van der Waals surface area contributed by atoms with Gasteiger partial charge in [-0.3, -0.25) is 14.5 Å². The van der Waals surface area contributed by atoms with Crippen LogP contribution in [-0.2, 0) is 16.1 Å². The lowest BCUT2D eigenvalue weighted by Gasteiger charge is -2.35. The monoisotopic (exact) mass is 385 g/mol. The second-order valence-electron chi connectivity index (χ2n) is 7.41. The van der Waals surface area contributed by atoms with Crippen LogP contribution >= 0.6 is 0 Å². The highest BCUT2D eigenvalue weighted by atomic mass is 19.1. The van der Waals surface area contributed by atoms with E-state index in [1.165, 1.54) is 21.9 Å². The van der Waals surface area contributed by atoms with Crippen molar-refractivity contribution in [2.45, 2.75) is 44.2 Å². The molecule has 1 spiro atoms. The first-order chi connectivity index (χ1) is 13.4. The third kappa shape index (κ3) is 3.59. The van der Waals surface area contributed by atoms with Crippen molar-refractivity contribution in [1.82, 2.24) is 14.7 Å². The van der Waals surface area contributed by atoms with Gasteiger partial charge in [-0.1, -0.05) is 37.3 Å². The Hall–Kier alpha value is -2.88. The molecule has 0 N–H and O–H groups in total. The van der Waals surface area contributed by atoms with E-state index < -0.39 is 17.5 Å². The largest absolute Gasteiger partial charge is 0.327 e. The molecule has 1 saturated carbocycles. The van der Waals surface area contributed by atoms with E-state index in [0.29, 0.717) is 18.4 Å². The van der Waals surface area contributed by atoms with Crippen molar-refractivity contribution in [2.75, 3.05) is 20.1 Å². The Labute approximate surface area is 164 Å². The normalized spacial score (nSPS) is 18.5. The van der Waals surface area contributed by atoms with Gasteiger partial charge in [-0.15, -0.1) is 6.42 Å². The Balaban J connectivity index is 1.74. The van der Waals surface area contributed by atoms with E-state index >= 15 is 0 Å². The number of carbonyl (C=O) groups is 3. The van der Waals surface area contributed by atoms with E-state index in [4.69, 9.17) is 6.42 Å². The molecule has 2 fully saturated rings. The third-order valence-electron chi connectivity index (χ3n) is 5.70. The molecule has 0 atom stereocenters. The first-order valence-corrected chi connectivity index (χ1v) is 9.44. The number of rotatable bonds is 5. The van der Waals surface area contributed by atoms with E-state index in [2.05, 4.69) is 5.92 Å². The molecule has 4 amide bonds. The number of carbonyl (C=O) groups excluding carboxylic acids is 3. The van der Waals surface area contributed by atoms with E-state index in [-0.39, 0.29) is 31.4 Å². The van der Waals surface area contributed by atoms with Gasteiger partial charge in [0.15, 0.2) is 0 Å². The zero-order valence-corrected chi connectivity index (χ0v) is 16.0. The Morgan fingerprint density at radius 1 is 1.21 bits per heavy atom. The molecule has 1 saturated heterocycles. The van der Waals surface area contributed by atoms with Crippen molar-refractivity contribution in [2.24, 2.45) is 0 Å². The maximum absolute atomic E-state index is 13.1. The summed E-state index contributed by atoms with van der Waals surface area (Å²) >= 11 is 0. The first-order valence-electron chi connectivity index (χ1n) is 9.44. The van der Waals surface area contributed by atoms with Crippen molar-refractivity contribution < 1.29 is 18.8 Å². The van der Waals surface area contributed by atoms with Crippen LogP contribution in [0.1, 0.15) is 37.7 Å². The molecule has 7 heteroatoms. The quantitative estimate of drug-likeness (QED) is 0.578. The molecule has 0 radical (unpaired) electrons. The number of urea groups is 1. The van der Waals surface area contributed by atoms with Crippen molar-refractivity contribution in [3.05, 3.63) is 35.6 Å². The molecule has 28 heavy (non-hydrogen) atoms. The topological polar surface area (TPSA) is 60.9 Å². The SMILES string of the molecule is C#CCN(Cc1ccc(F)cc1)C(=O)CN1C(=O)N(C)C2(CCCCC2)C1=O. The Kier molecular flexibility index (Phi) is 5.68. The molecule has 1 aliphatic carbocycles. The number of terminal acetylenes is 1. The molecular formula is C21H24FN3O3. The number of nitrogens with zero attached hydrogens (tertiary/aromatic N) is 3. The van der Waals surface area contributed by atoms with Gasteiger partial charge in [-0.25, -0.2) is 9.18 Å². The lowest BCUT2D eigenvalue weighted by molar-refractivity contribution is -0.140. The van der Waals surface area contributed by atoms with Gasteiger partial charge in [0.25, 0.3) is 5.91 Å². The minimum absolute atomic E-state index is 0.0351. The number of hydrogen-bond acceptors (Lipinski definition) is 3. The molecule has 1 aliphatic heterocycles. The molecular weight excluding hydrogens is 361 g/mol. The average Bonchev–Trinajstić information content (AvgIpc) is 2.86. The van der Waals surface area contributed by atoms with Crippen LogP contribution < -0.4 is 0 Å². The van der Waals surface area contributed by atoms with E-state index in [9.17, 15) is 18.8 Å². The zero-order chi connectivity index (χ0) is 20.3. The summed E-state index contributed by atoms with van der Waals surface area (Å²) in [6.07, 6.45) is 9.46. The predicted molar refractivity (Wildman–Crippen MR) is 101 cm³/mol. The standard InChI is InChI=1S/C21H24FN3O3/c1-3-13-24(14-16-7-9-17(22)10-8-16)18(26)15-25-19(27)21(23(2)20(25)28)11-5-4-6-12-21/h1,7-10H,4-6,11-15H2,2H3. The predicted octanol–water partition coefficient (Wildman–Crippen LogP) is 2.38. The van der Waals surface area contributed by atoms with Crippen molar-refractivity contribution in [3.63, 3.8) is 0 Å². The second kappa shape index (κ2) is 8.01. The molecule has 2 aliphatic rings. The molecule has 6 nitrogen and oxygen atoms in total. The smallest absolute Gasteiger partial charge is 0.326 e. The van der Waals surface area contributed by atoms with E-state index in [1.54, 1.807) is 19.2 Å². The lowest BCUT2D eigenvalue weighted by Crippen LogP contribution is -2.49. The highest BCUT2D eigenvalue weighted by Gasteiger charge is 2.55. The summed E-state index contributed by atoms with van der Waals surface area (Å²) < 4.78 is 13.1. The van der Waals surface area contributed by atoms with Crippen LogP contribution in [0.15, 0.2) is 24.3 Å². The molecule has 3 rings (SSSR count). The summed E-state index contributed by atoms with van der Waals surface area (Å²) in [5.41, 5.74) is -0.103. The summed E-state index contributed by atoms with van der Waals surface area (Å²) in [5.74, 6) is 1.35. The minimum Gasteiger partial charge on any atom is -0.326 e. The van der Waals surface area contributed by atoms with E-state index in [0.717, 1.165) is 24.2 Å². The molecule has 1 heterocycles. The fraction of sp³-hybridized carbons (Fsp3) is 0.476. The van der Waals surface area contributed by atoms with Gasteiger partial charge >= 0.3 is 6.03 Å². The second-order valence-corrected chi connectivity index (χ2v) is 7.41. The van der Waals surface area contributed by atoms with Crippen LogP contribution in [0.25, 0.3) is 0 Å². The number of amides is 4. The highest BCUT2D eigenvalue weighted by molar-refractivity contribution is 6.08. The Bertz CT molecular complexity index is 809. The molecule has 1 aromatic carbocycles. The Morgan fingerprint density at radius 2 is 1.86 bits per heavy atom. The summed E-state index contributed by atoms with van der Waals surface area (Å²) in [5, 5.41) is 0. The number of benzene rings is 1. The van der Waals surface area contributed by atoms with Crippen LogP contribution in [0.4, 0.5) is 9.18 Å². The maximum Gasteiger partial charge on any atom is 0.327 e. The fourth-order valence-corrected chi connectivity index (χ4v) is 4.06. The Morgan fingerprint density at radius 3 is 2.46 bits per heavy atom. The van der Waals surface area contributed by atoms with Crippen molar-refractivity contribution >= 4 is 17.8 Å². The van der Waals surface area contributed by atoms with Gasteiger partial charge in [0.05, 0.1) is 6.54 Å². The lowest BCUT2D eigenvalue weighted by atomic mass is 9.81. The van der Waals surface area contributed by atoms with E-state index in [1.807, 2.05) is 0 Å². The van der Waals surface area contributed by atoms with Gasteiger partial charge in [0.2, 0.25) is 5.91 Å². The van der Waals surface area contributed by atoms with Crippen LogP contribution in [0.3, 0.4) is 0 Å². The van der Waals surface area contributed by atoms with Gasteiger partial charge in [-0.2, -0.15) is 0 Å². The van der Waals surface area contributed by atoms with Crippen molar-refractivity contribution in [3.8, 4) is 12.3 Å². The molecule has 0 bridgehead atoms. The molecule has 0 aromatic heterocycles. The number of halogens is 1. The minimum atomic E-state index is -0.816. The zero-order valence-electron chi connectivity index (χ0n) is 16.0. The van der Waals surface area contributed by atoms with Gasteiger partial charge in [0.1, 0.15) is 17.9 Å². The van der Waals surface area contributed by atoms with Crippen molar-refractivity contribution in [1.29, 1.82) is 0 Å². The maximum atomic E-state index is 13.1. The summed E-state index contributed by atoms with van der Waals surface area (Å²) in [4.78, 5) is 42.5. The summed E-state index contributed by atoms with van der Waals surface area (Å²) in [6, 6.07) is 5.32. The highest BCUT2D eigenvalue weighted by Crippen LogP contribution is 2.39.